The number of nitroso groups, excluding NO2 is 1. The Balaban J connectivity index is 1.64. The fourth-order valence-corrected chi connectivity index (χ4v) is 3.39. The fourth-order valence-electron chi connectivity index (χ4n) is 3.39. The second-order valence-electron chi connectivity index (χ2n) is 6.48. The first kappa shape index (κ1) is 18.1. The van der Waals surface area contributed by atoms with Gasteiger partial charge in [0.25, 0.3) is 0 Å². The van der Waals surface area contributed by atoms with Gasteiger partial charge < -0.3 is 9.64 Å². The number of carbonyl (C=O) groups excluding carboxylic acids is 1. The Hall–Kier alpha value is -2.73. The highest BCUT2D eigenvalue weighted by molar-refractivity contribution is 5.93. The zero-order valence-corrected chi connectivity index (χ0v) is 14.9. The van der Waals surface area contributed by atoms with E-state index in [4.69, 9.17) is 4.74 Å². The predicted molar refractivity (Wildman–Crippen MR) is 103 cm³/mol. The molecule has 0 spiro atoms. The van der Waals surface area contributed by atoms with Crippen LogP contribution in [-0.2, 0) is 4.74 Å². The Morgan fingerprint density at radius 2 is 1.92 bits per heavy atom. The molecule has 1 atom stereocenters. The minimum Gasteiger partial charge on any atom is -0.449 e. The maximum Gasteiger partial charge on any atom is 0.411 e. The number of carbonyl (C=O) groups is 1. The van der Waals surface area contributed by atoms with Crippen molar-refractivity contribution < 1.29 is 9.53 Å². The first-order valence-electron chi connectivity index (χ1n) is 8.85. The number of nitrogens with one attached hydrogen (secondary N) is 1. The summed E-state index contributed by atoms with van der Waals surface area (Å²) in [7, 11) is 2.10. The molecule has 6 nitrogen and oxygen atoms in total. The topological polar surface area (TPSA) is 71.0 Å². The van der Waals surface area contributed by atoms with E-state index in [-0.39, 0.29) is 0 Å². The number of para-hydroxylation sites is 1. The summed E-state index contributed by atoms with van der Waals surface area (Å²) in [6.45, 7) is 1.49. The molecule has 0 aromatic heterocycles. The number of hydrogen-bond donors (Lipinski definition) is 1. The minimum absolute atomic E-state index is 0.333. The summed E-state index contributed by atoms with van der Waals surface area (Å²) in [6, 6.07) is 14.8. The molecule has 6 heteroatoms. The summed E-state index contributed by atoms with van der Waals surface area (Å²) in [5, 5.41) is 5.85. The van der Waals surface area contributed by atoms with E-state index in [1.54, 1.807) is 24.3 Å². The summed E-state index contributed by atoms with van der Waals surface area (Å²) in [4.78, 5) is 25.5. The van der Waals surface area contributed by atoms with E-state index < -0.39 is 6.09 Å². The Labute approximate surface area is 153 Å². The van der Waals surface area contributed by atoms with Crippen molar-refractivity contribution in [3.8, 4) is 11.1 Å². The maximum atomic E-state index is 12.2. The maximum absolute atomic E-state index is 12.2. The molecule has 1 N–H and O–H groups in total. The highest BCUT2D eigenvalue weighted by Gasteiger charge is 2.21. The molecular weight excluding hydrogens is 330 g/mol. The van der Waals surface area contributed by atoms with Crippen molar-refractivity contribution in [1.82, 2.24) is 4.90 Å². The number of benzene rings is 2. The Bertz CT molecular complexity index is 778. The van der Waals surface area contributed by atoms with Gasteiger partial charge in [0, 0.05) is 17.2 Å². The highest BCUT2D eigenvalue weighted by Crippen LogP contribution is 2.34. The van der Waals surface area contributed by atoms with Gasteiger partial charge in [-0.1, -0.05) is 36.4 Å². The van der Waals surface area contributed by atoms with Gasteiger partial charge in [0.1, 0.15) is 5.69 Å². The van der Waals surface area contributed by atoms with Gasteiger partial charge in [0.2, 0.25) is 0 Å². The standard InChI is InChI=1S/C20H23N3O3/c1-23-13-6-7-15(23)12-14-26-20(24)21-18-10-4-2-8-16(18)17-9-3-5-11-19(17)22-25/h2-5,8-11,15H,6-7,12-14H2,1H3,(H,21,24). The molecule has 1 amide bonds. The molecule has 0 radical (unpaired) electrons. The van der Waals surface area contributed by atoms with Crippen molar-refractivity contribution in [2.75, 3.05) is 25.5 Å². The van der Waals surface area contributed by atoms with E-state index in [0.717, 1.165) is 24.9 Å². The van der Waals surface area contributed by atoms with Crippen LogP contribution in [0.25, 0.3) is 11.1 Å². The summed E-state index contributed by atoms with van der Waals surface area (Å²) >= 11 is 0. The molecule has 2 aromatic rings. The number of amides is 1. The predicted octanol–water partition coefficient (Wildman–Crippen LogP) is 4.78. The molecular formula is C20H23N3O3. The Kier molecular flexibility index (Phi) is 5.96. The molecule has 2 aromatic carbocycles. The van der Waals surface area contributed by atoms with Crippen LogP contribution < -0.4 is 5.32 Å². The van der Waals surface area contributed by atoms with Gasteiger partial charge in [-0.05, 0) is 50.2 Å². The van der Waals surface area contributed by atoms with Crippen molar-refractivity contribution in [3.63, 3.8) is 0 Å². The van der Waals surface area contributed by atoms with Gasteiger partial charge in [-0.3, -0.25) is 5.32 Å². The SMILES string of the molecule is CN1CCCC1CCOC(=O)Nc1ccccc1-c1ccccc1N=O. The molecule has 1 aliphatic heterocycles. The van der Waals surface area contributed by atoms with Crippen molar-refractivity contribution in [2.24, 2.45) is 5.18 Å². The summed E-state index contributed by atoms with van der Waals surface area (Å²) in [5.41, 5.74) is 2.33. The normalized spacial score (nSPS) is 17.0. The number of nitrogens with zero attached hydrogens (tertiary/aromatic N) is 2. The van der Waals surface area contributed by atoms with E-state index >= 15 is 0 Å². The average molecular weight is 353 g/mol. The zero-order valence-electron chi connectivity index (χ0n) is 14.9. The third-order valence-corrected chi connectivity index (χ3v) is 4.81. The van der Waals surface area contributed by atoms with E-state index in [9.17, 15) is 9.70 Å². The molecule has 136 valence electrons. The lowest BCUT2D eigenvalue weighted by molar-refractivity contribution is 0.147. The minimum atomic E-state index is -0.491. The van der Waals surface area contributed by atoms with Crippen LogP contribution in [0.15, 0.2) is 53.7 Å². The van der Waals surface area contributed by atoms with Crippen molar-refractivity contribution >= 4 is 17.5 Å². The average Bonchev–Trinajstić information content (AvgIpc) is 3.07. The number of hydrogen-bond acceptors (Lipinski definition) is 5. The van der Waals surface area contributed by atoms with Gasteiger partial charge in [-0.15, -0.1) is 4.91 Å². The first-order chi connectivity index (χ1) is 12.7. The van der Waals surface area contributed by atoms with E-state index in [1.165, 1.54) is 6.42 Å². The molecule has 0 bridgehead atoms. The molecule has 1 fully saturated rings. The molecule has 3 rings (SSSR count). The Morgan fingerprint density at radius 1 is 1.19 bits per heavy atom. The highest BCUT2D eigenvalue weighted by atomic mass is 16.5. The molecule has 0 saturated carbocycles. The Morgan fingerprint density at radius 3 is 2.65 bits per heavy atom. The van der Waals surface area contributed by atoms with Crippen molar-refractivity contribution in [1.29, 1.82) is 0 Å². The first-order valence-corrected chi connectivity index (χ1v) is 8.85. The van der Waals surface area contributed by atoms with Crippen LogP contribution in [0.5, 0.6) is 0 Å². The smallest absolute Gasteiger partial charge is 0.411 e. The van der Waals surface area contributed by atoms with Crippen LogP contribution in [0.4, 0.5) is 16.2 Å². The molecule has 1 unspecified atom stereocenters. The summed E-state index contributed by atoms with van der Waals surface area (Å²) in [6.07, 6.45) is 2.70. The number of anilines is 1. The van der Waals surface area contributed by atoms with Gasteiger partial charge in [-0.2, -0.15) is 0 Å². The zero-order chi connectivity index (χ0) is 18.4. The summed E-state index contributed by atoms with van der Waals surface area (Å²) < 4.78 is 5.34. The van der Waals surface area contributed by atoms with Crippen LogP contribution in [0, 0.1) is 4.91 Å². The second kappa shape index (κ2) is 8.58. The third-order valence-electron chi connectivity index (χ3n) is 4.81. The van der Waals surface area contributed by atoms with Crippen molar-refractivity contribution in [3.05, 3.63) is 53.4 Å². The van der Waals surface area contributed by atoms with Crippen LogP contribution in [0.1, 0.15) is 19.3 Å². The van der Waals surface area contributed by atoms with E-state index in [1.807, 2.05) is 24.3 Å². The van der Waals surface area contributed by atoms with Crippen LogP contribution in [0.3, 0.4) is 0 Å². The third kappa shape index (κ3) is 4.26. The molecule has 1 aliphatic rings. The monoisotopic (exact) mass is 353 g/mol. The quantitative estimate of drug-likeness (QED) is 0.758. The second-order valence-corrected chi connectivity index (χ2v) is 6.48. The van der Waals surface area contributed by atoms with Gasteiger partial charge in [-0.25, -0.2) is 4.79 Å². The molecule has 1 saturated heterocycles. The fraction of sp³-hybridized carbons (Fsp3) is 0.350. The van der Waals surface area contributed by atoms with Crippen LogP contribution >= 0.6 is 0 Å². The van der Waals surface area contributed by atoms with E-state index in [2.05, 4.69) is 22.4 Å². The lowest BCUT2D eigenvalue weighted by Crippen LogP contribution is -2.27. The van der Waals surface area contributed by atoms with E-state index in [0.29, 0.717) is 29.6 Å². The van der Waals surface area contributed by atoms with Gasteiger partial charge >= 0.3 is 6.09 Å². The lowest BCUT2D eigenvalue weighted by Gasteiger charge is -2.19. The van der Waals surface area contributed by atoms with Crippen molar-refractivity contribution in [2.45, 2.75) is 25.3 Å². The largest absolute Gasteiger partial charge is 0.449 e. The lowest BCUT2D eigenvalue weighted by atomic mass is 10.0. The number of likely N-dealkylation sites (tertiary alicyclic amines) is 1. The molecule has 1 heterocycles. The molecule has 26 heavy (non-hydrogen) atoms. The van der Waals surface area contributed by atoms with Gasteiger partial charge in [0.15, 0.2) is 0 Å². The molecule has 0 aliphatic carbocycles. The summed E-state index contributed by atoms with van der Waals surface area (Å²) in [5.74, 6) is 0. The van der Waals surface area contributed by atoms with Crippen LogP contribution in [0.2, 0.25) is 0 Å². The van der Waals surface area contributed by atoms with Gasteiger partial charge in [0.05, 0.1) is 12.3 Å². The number of ether oxygens (including phenoxy) is 1. The van der Waals surface area contributed by atoms with Crippen LogP contribution in [-0.4, -0.2) is 37.2 Å². The number of rotatable bonds is 6.